The highest BCUT2D eigenvalue weighted by molar-refractivity contribution is 7.86. The Kier molecular flexibility index (Phi) is 6.22. The van der Waals surface area contributed by atoms with Crippen LogP contribution in [0.4, 0.5) is 8.78 Å². The van der Waals surface area contributed by atoms with Gasteiger partial charge in [-0.15, -0.1) is 0 Å². The largest absolute Gasteiger partial charge is 0.455 e. The molecule has 23 heavy (non-hydrogen) atoms. The summed E-state index contributed by atoms with van der Waals surface area (Å²) >= 11 is 0. The summed E-state index contributed by atoms with van der Waals surface area (Å²) in [5.41, 5.74) is 1.02. The molecule has 0 saturated heterocycles. The molecule has 7 nitrogen and oxygen atoms in total. The fourth-order valence-corrected chi connectivity index (χ4v) is 1.61. The van der Waals surface area contributed by atoms with Crippen LogP contribution in [0.3, 0.4) is 0 Å². The predicted octanol–water partition coefficient (Wildman–Crippen LogP) is 0.000300. The van der Waals surface area contributed by atoms with Crippen molar-refractivity contribution in [3.05, 3.63) is 35.4 Å². The number of hydrogen-bond acceptors (Lipinski definition) is 6. The molecular formula is C12H13BF2O7S. The smallest absolute Gasteiger partial charge is 0.402 e. The first kappa shape index (κ1) is 19.0. The lowest BCUT2D eigenvalue weighted by molar-refractivity contribution is -0.153. The summed E-state index contributed by atoms with van der Waals surface area (Å²) in [5, 5.41) is -4.64. The number of ether oxygens (including phenoxy) is 2. The van der Waals surface area contributed by atoms with Crippen molar-refractivity contribution >= 4 is 29.9 Å². The van der Waals surface area contributed by atoms with Crippen molar-refractivity contribution in [1.29, 1.82) is 0 Å². The van der Waals surface area contributed by atoms with Gasteiger partial charge in [-0.1, -0.05) is 24.0 Å². The number of rotatable bonds is 7. The van der Waals surface area contributed by atoms with Gasteiger partial charge in [0.1, 0.15) is 7.85 Å². The molecule has 1 aromatic rings. The Hall–Kier alpha value is -2.01. The van der Waals surface area contributed by atoms with Crippen LogP contribution in [0.2, 0.25) is 0 Å². The van der Waals surface area contributed by atoms with Crippen LogP contribution in [0.5, 0.6) is 0 Å². The third-order valence-corrected chi connectivity index (χ3v) is 3.54. The van der Waals surface area contributed by atoms with Gasteiger partial charge < -0.3 is 9.47 Å². The molecule has 0 aliphatic rings. The molecule has 1 N–H and O–H groups in total. The zero-order valence-electron chi connectivity index (χ0n) is 12.0. The molecule has 1 aromatic carbocycles. The Bertz CT molecular complexity index is 690. The summed E-state index contributed by atoms with van der Waals surface area (Å²) in [7, 11) is -3.83. The normalized spacial score (nSPS) is 11.8. The number of benzene rings is 1. The maximum Gasteiger partial charge on any atom is 0.402 e. The number of hydrogen-bond donors (Lipinski definition) is 1. The van der Waals surface area contributed by atoms with Gasteiger partial charge in [0.15, 0.2) is 13.2 Å². The van der Waals surface area contributed by atoms with E-state index in [-0.39, 0.29) is 5.56 Å². The van der Waals surface area contributed by atoms with Gasteiger partial charge in [-0.2, -0.15) is 17.2 Å². The van der Waals surface area contributed by atoms with E-state index < -0.39 is 40.5 Å². The van der Waals surface area contributed by atoms with Gasteiger partial charge in [-0.05, 0) is 12.1 Å². The molecule has 0 bridgehead atoms. The monoisotopic (exact) mass is 350 g/mol. The Balaban J connectivity index is 2.51. The Labute approximate surface area is 131 Å². The number of carbonyl (C=O) groups is 2. The molecule has 11 heteroatoms. The van der Waals surface area contributed by atoms with E-state index in [0.717, 1.165) is 5.56 Å². The van der Waals surface area contributed by atoms with Crippen molar-refractivity contribution in [2.75, 3.05) is 13.2 Å². The number of halogens is 2. The highest BCUT2D eigenvalue weighted by Gasteiger charge is 2.45. The van der Waals surface area contributed by atoms with Crippen LogP contribution >= 0.6 is 0 Å². The van der Waals surface area contributed by atoms with Crippen LogP contribution in [0.25, 0.3) is 0 Å². The van der Waals surface area contributed by atoms with Gasteiger partial charge in [0, 0.05) is 0 Å². The molecular weight excluding hydrogens is 337 g/mol. The summed E-state index contributed by atoms with van der Waals surface area (Å²) in [6, 6.07) is 6.38. The number of alkyl halides is 2. The molecule has 0 atom stereocenters. The van der Waals surface area contributed by atoms with Crippen LogP contribution in [0.15, 0.2) is 24.3 Å². The second-order valence-corrected chi connectivity index (χ2v) is 5.95. The van der Waals surface area contributed by atoms with E-state index in [1.807, 2.05) is 7.85 Å². The van der Waals surface area contributed by atoms with Crippen LogP contribution in [-0.2, 0) is 30.7 Å². The van der Waals surface area contributed by atoms with Crippen molar-refractivity contribution < 1.29 is 40.8 Å². The topological polar surface area (TPSA) is 107 Å². The molecule has 0 aromatic heterocycles. The SMILES string of the molecule is BCc1cccc(C(=O)OCC(=O)OCC(F)(F)S(=O)(=O)O)c1. The Morgan fingerprint density at radius 1 is 1.26 bits per heavy atom. The molecule has 0 saturated carbocycles. The highest BCUT2D eigenvalue weighted by Crippen LogP contribution is 2.20. The summed E-state index contributed by atoms with van der Waals surface area (Å²) in [6.45, 7) is -2.86. The van der Waals surface area contributed by atoms with Crippen LogP contribution in [-0.4, -0.2) is 51.2 Å². The van der Waals surface area contributed by atoms with E-state index >= 15 is 0 Å². The van der Waals surface area contributed by atoms with Gasteiger partial charge in [-0.3, -0.25) is 4.55 Å². The van der Waals surface area contributed by atoms with E-state index in [1.165, 1.54) is 6.07 Å². The quantitative estimate of drug-likeness (QED) is 0.419. The fourth-order valence-electron chi connectivity index (χ4n) is 1.41. The Morgan fingerprint density at radius 2 is 1.91 bits per heavy atom. The zero-order chi connectivity index (χ0) is 17.7. The molecule has 0 spiro atoms. The van der Waals surface area contributed by atoms with Crippen LogP contribution in [0.1, 0.15) is 15.9 Å². The average molecular weight is 350 g/mol. The number of carbonyl (C=O) groups excluding carboxylic acids is 2. The Morgan fingerprint density at radius 3 is 2.48 bits per heavy atom. The standard InChI is InChI=1S/C12H13BF2O7S/c13-5-8-2-1-3-9(4-8)11(17)21-6-10(16)22-7-12(14,15)23(18,19)20/h1-4H,5-7,13H2,(H,18,19,20). The highest BCUT2D eigenvalue weighted by atomic mass is 32.2. The zero-order valence-corrected chi connectivity index (χ0v) is 12.8. The maximum absolute atomic E-state index is 12.8. The summed E-state index contributed by atoms with van der Waals surface area (Å²) in [5.74, 6) is -2.24. The van der Waals surface area contributed by atoms with Crippen LogP contribution < -0.4 is 0 Å². The van der Waals surface area contributed by atoms with Crippen LogP contribution in [0, 0.1) is 0 Å². The van der Waals surface area contributed by atoms with Crippen molar-refractivity contribution in [2.45, 2.75) is 11.6 Å². The molecule has 0 aliphatic carbocycles. The second kappa shape index (κ2) is 7.51. The van der Waals surface area contributed by atoms with Gasteiger partial charge in [0.25, 0.3) is 0 Å². The first-order valence-corrected chi connectivity index (χ1v) is 7.77. The lowest BCUT2D eigenvalue weighted by Crippen LogP contribution is -2.35. The molecule has 126 valence electrons. The van der Waals surface area contributed by atoms with Gasteiger partial charge >= 0.3 is 27.3 Å². The van der Waals surface area contributed by atoms with Crippen molar-refractivity contribution in [3.8, 4) is 0 Å². The van der Waals surface area contributed by atoms with Gasteiger partial charge in [0.2, 0.25) is 0 Å². The summed E-state index contributed by atoms with van der Waals surface area (Å²) in [6.07, 6.45) is 0.674. The lowest BCUT2D eigenvalue weighted by Gasteiger charge is -2.13. The third-order valence-electron chi connectivity index (χ3n) is 2.67. The van der Waals surface area contributed by atoms with Crippen molar-refractivity contribution in [3.63, 3.8) is 0 Å². The average Bonchev–Trinajstić information content (AvgIpc) is 2.49. The summed E-state index contributed by atoms with van der Waals surface area (Å²) < 4.78 is 63.0. The van der Waals surface area contributed by atoms with E-state index in [1.54, 1.807) is 18.2 Å². The molecule has 0 fully saturated rings. The minimum Gasteiger partial charge on any atom is -0.455 e. The van der Waals surface area contributed by atoms with Crippen molar-refractivity contribution in [1.82, 2.24) is 0 Å². The van der Waals surface area contributed by atoms with Gasteiger partial charge in [-0.25, -0.2) is 9.59 Å². The number of esters is 2. The van der Waals surface area contributed by atoms with Gasteiger partial charge in [0.05, 0.1) is 5.56 Å². The molecule has 0 unspecified atom stereocenters. The first-order chi connectivity index (χ1) is 10.6. The van der Waals surface area contributed by atoms with E-state index in [9.17, 15) is 26.8 Å². The first-order valence-electron chi connectivity index (χ1n) is 6.33. The van der Waals surface area contributed by atoms with E-state index in [0.29, 0.717) is 6.32 Å². The molecule has 0 heterocycles. The molecule has 0 radical (unpaired) electrons. The van der Waals surface area contributed by atoms with E-state index in [4.69, 9.17) is 4.55 Å². The lowest BCUT2D eigenvalue weighted by atomic mass is 9.96. The van der Waals surface area contributed by atoms with E-state index in [2.05, 4.69) is 9.47 Å². The predicted molar refractivity (Wildman–Crippen MR) is 76.4 cm³/mol. The molecule has 0 amide bonds. The molecule has 1 rings (SSSR count). The maximum atomic E-state index is 12.8. The minimum absolute atomic E-state index is 0.167. The second-order valence-electron chi connectivity index (χ2n) is 4.40. The third kappa shape index (κ3) is 5.60. The fraction of sp³-hybridized carbons (Fsp3) is 0.333. The molecule has 0 aliphatic heterocycles. The summed E-state index contributed by atoms with van der Waals surface area (Å²) in [4.78, 5) is 22.8. The minimum atomic E-state index is -5.70. The van der Waals surface area contributed by atoms with Crippen molar-refractivity contribution in [2.24, 2.45) is 0 Å².